The van der Waals surface area contributed by atoms with E-state index in [0.717, 1.165) is 5.56 Å². The van der Waals surface area contributed by atoms with Crippen molar-refractivity contribution < 1.29 is 10.2 Å². The van der Waals surface area contributed by atoms with Crippen LogP contribution in [-0.4, -0.2) is 29.9 Å². The maximum absolute atomic E-state index is 10.0. The number of likely N-dealkylation sites (N-methyl/N-ethyl adjacent to an activating group) is 1. The Bertz CT molecular complexity index is 366. The maximum atomic E-state index is 10.0. The molecule has 0 bridgehead atoms. The van der Waals surface area contributed by atoms with E-state index >= 15 is 0 Å². The third kappa shape index (κ3) is 3.43. The average Bonchev–Trinajstić information content (AvgIpc) is 2.28. The number of rotatable bonds is 5. The highest BCUT2D eigenvalue weighted by atomic mass is 16.3. The SMILES string of the molecule is CNCC(O)C(O)c1cc(C(C)C)ccc1N. The third-order valence-corrected chi connectivity index (χ3v) is 2.87. The summed E-state index contributed by atoms with van der Waals surface area (Å²) in [6.45, 7) is 4.48. The fourth-order valence-electron chi connectivity index (χ4n) is 1.74. The first-order valence-electron chi connectivity index (χ1n) is 5.87. The number of benzene rings is 1. The molecule has 1 aromatic carbocycles. The van der Waals surface area contributed by atoms with Crippen LogP contribution >= 0.6 is 0 Å². The van der Waals surface area contributed by atoms with Crippen LogP contribution in [0.15, 0.2) is 18.2 Å². The van der Waals surface area contributed by atoms with E-state index in [0.29, 0.717) is 23.7 Å². The van der Waals surface area contributed by atoms with Gasteiger partial charge in [0.05, 0.1) is 6.10 Å². The second-order valence-electron chi connectivity index (χ2n) is 4.61. The zero-order chi connectivity index (χ0) is 13.0. The lowest BCUT2D eigenvalue weighted by atomic mass is 9.95. The quantitative estimate of drug-likeness (QED) is 0.577. The summed E-state index contributed by atoms with van der Waals surface area (Å²) >= 11 is 0. The molecule has 0 saturated carbocycles. The van der Waals surface area contributed by atoms with E-state index in [1.165, 1.54) is 0 Å². The van der Waals surface area contributed by atoms with E-state index < -0.39 is 12.2 Å². The van der Waals surface area contributed by atoms with Gasteiger partial charge >= 0.3 is 0 Å². The van der Waals surface area contributed by atoms with Gasteiger partial charge in [-0.2, -0.15) is 0 Å². The van der Waals surface area contributed by atoms with Crippen LogP contribution in [0.1, 0.15) is 37.0 Å². The van der Waals surface area contributed by atoms with Crippen molar-refractivity contribution in [3.8, 4) is 0 Å². The largest absolute Gasteiger partial charge is 0.398 e. The lowest BCUT2D eigenvalue weighted by Gasteiger charge is -2.20. The molecule has 0 aromatic heterocycles. The lowest BCUT2D eigenvalue weighted by molar-refractivity contribution is 0.0206. The van der Waals surface area contributed by atoms with Gasteiger partial charge in [0.25, 0.3) is 0 Å². The Labute approximate surface area is 102 Å². The number of anilines is 1. The third-order valence-electron chi connectivity index (χ3n) is 2.87. The molecular weight excluding hydrogens is 216 g/mol. The standard InChI is InChI=1S/C13H22N2O2/c1-8(2)9-4-5-11(14)10(6-9)13(17)12(16)7-15-3/h4-6,8,12-13,15-17H,7,14H2,1-3H3. The van der Waals surface area contributed by atoms with Gasteiger partial charge in [0.1, 0.15) is 6.10 Å². The number of hydrogen-bond donors (Lipinski definition) is 4. The first-order valence-corrected chi connectivity index (χ1v) is 5.87. The molecule has 4 nitrogen and oxygen atoms in total. The Hall–Kier alpha value is -1.10. The lowest BCUT2D eigenvalue weighted by Crippen LogP contribution is -2.30. The molecule has 1 aromatic rings. The van der Waals surface area contributed by atoms with Crippen molar-refractivity contribution in [2.45, 2.75) is 32.0 Å². The summed E-state index contributed by atoms with van der Waals surface area (Å²) in [7, 11) is 1.73. The molecule has 4 heteroatoms. The number of nitrogens with two attached hydrogens (primary N) is 1. The van der Waals surface area contributed by atoms with Gasteiger partial charge in [-0.05, 0) is 24.6 Å². The minimum atomic E-state index is -0.957. The van der Waals surface area contributed by atoms with E-state index in [1.807, 2.05) is 12.1 Å². The van der Waals surface area contributed by atoms with Crippen LogP contribution in [0, 0.1) is 0 Å². The van der Waals surface area contributed by atoms with E-state index in [4.69, 9.17) is 5.73 Å². The number of nitrogens with one attached hydrogen (secondary N) is 1. The van der Waals surface area contributed by atoms with Gasteiger partial charge in [-0.15, -0.1) is 0 Å². The molecule has 0 aliphatic heterocycles. The van der Waals surface area contributed by atoms with E-state index in [1.54, 1.807) is 13.1 Å². The van der Waals surface area contributed by atoms with Crippen LogP contribution in [0.5, 0.6) is 0 Å². The van der Waals surface area contributed by atoms with Crippen molar-refractivity contribution in [1.82, 2.24) is 5.32 Å². The molecule has 0 heterocycles. The van der Waals surface area contributed by atoms with Crippen LogP contribution in [0.4, 0.5) is 5.69 Å². The smallest absolute Gasteiger partial charge is 0.108 e. The second kappa shape index (κ2) is 6.00. The minimum absolute atomic E-state index is 0.326. The highest BCUT2D eigenvalue weighted by Crippen LogP contribution is 2.27. The summed E-state index contributed by atoms with van der Waals surface area (Å²) < 4.78 is 0. The predicted octanol–water partition coefficient (Wildman–Crippen LogP) is 1.01. The molecule has 0 saturated heterocycles. The topological polar surface area (TPSA) is 78.5 Å². The van der Waals surface area contributed by atoms with Crippen molar-refractivity contribution >= 4 is 5.69 Å². The van der Waals surface area contributed by atoms with Crippen molar-refractivity contribution in [3.05, 3.63) is 29.3 Å². The van der Waals surface area contributed by atoms with Crippen LogP contribution in [0.25, 0.3) is 0 Å². The van der Waals surface area contributed by atoms with Crippen molar-refractivity contribution in [3.63, 3.8) is 0 Å². The van der Waals surface area contributed by atoms with Crippen LogP contribution in [0.2, 0.25) is 0 Å². The highest BCUT2D eigenvalue weighted by molar-refractivity contribution is 5.50. The summed E-state index contributed by atoms with van der Waals surface area (Å²) in [5.41, 5.74) is 8.04. The molecule has 5 N–H and O–H groups in total. The van der Waals surface area contributed by atoms with Gasteiger partial charge in [0.2, 0.25) is 0 Å². The number of nitrogen functional groups attached to an aromatic ring is 1. The molecule has 1 rings (SSSR count). The van der Waals surface area contributed by atoms with Crippen LogP contribution < -0.4 is 11.1 Å². The Morgan fingerprint density at radius 3 is 2.47 bits per heavy atom. The summed E-state index contributed by atoms with van der Waals surface area (Å²) in [6, 6.07) is 5.59. The van der Waals surface area contributed by atoms with E-state index in [9.17, 15) is 10.2 Å². The van der Waals surface area contributed by atoms with Crippen molar-refractivity contribution in [2.24, 2.45) is 0 Å². The number of aliphatic hydroxyl groups is 2. The summed E-state index contributed by atoms with van der Waals surface area (Å²) in [6.07, 6.45) is -1.81. The normalized spacial score (nSPS) is 14.9. The Balaban J connectivity index is 2.99. The second-order valence-corrected chi connectivity index (χ2v) is 4.61. The summed E-state index contributed by atoms with van der Waals surface area (Å²) in [5, 5.41) is 22.6. The van der Waals surface area contributed by atoms with Gasteiger partial charge < -0.3 is 21.3 Å². The molecule has 0 amide bonds. The summed E-state index contributed by atoms with van der Waals surface area (Å²) in [4.78, 5) is 0. The Morgan fingerprint density at radius 1 is 1.29 bits per heavy atom. The van der Waals surface area contributed by atoms with E-state index in [2.05, 4.69) is 19.2 Å². The molecule has 0 spiro atoms. The summed E-state index contributed by atoms with van der Waals surface area (Å²) in [5.74, 6) is 0.364. The van der Waals surface area contributed by atoms with Gasteiger partial charge in [0, 0.05) is 17.8 Å². The highest BCUT2D eigenvalue weighted by Gasteiger charge is 2.20. The predicted molar refractivity (Wildman–Crippen MR) is 69.8 cm³/mol. The molecule has 0 aliphatic rings. The van der Waals surface area contributed by atoms with Gasteiger partial charge in [0.15, 0.2) is 0 Å². The van der Waals surface area contributed by atoms with Gasteiger partial charge in [-0.3, -0.25) is 0 Å². The first kappa shape index (κ1) is 14.0. The number of aliphatic hydroxyl groups excluding tert-OH is 2. The first-order chi connectivity index (χ1) is 7.97. The Kier molecular flexibility index (Phi) is 4.93. The fraction of sp³-hybridized carbons (Fsp3) is 0.538. The molecule has 96 valence electrons. The molecule has 0 fully saturated rings. The molecule has 2 atom stereocenters. The van der Waals surface area contributed by atoms with Crippen molar-refractivity contribution in [1.29, 1.82) is 0 Å². The fourth-order valence-corrected chi connectivity index (χ4v) is 1.74. The van der Waals surface area contributed by atoms with Crippen LogP contribution in [-0.2, 0) is 0 Å². The van der Waals surface area contributed by atoms with Crippen molar-refractivity contribution in [2.75, 3.05) is 19.3 Å². The Morgan fingerprint density at radius 2 is 1.94 bits per heavy atom. The monoisotopic (exact) mass is 238 g/mol. The molecule has 0 aliphatic carbocycles. The maximum Gasteiger partial charge on any atom is 0.108 e. The van der Waals surface area contributed by atoms with Crippen LogP contribution in [0.3, 0.4) is 0 Å². The zero-order valence-electron chi connectivity index (χ0n) is 10.6. The number of hydrogen-bond acceptors (Lipinski definition) is 4. The molecule has 0 radical (unpaired) electrons. The molecular formula is C13H22N2O2. The average molecular weight is 238 g/mol. The minimum Gasteiger partial charge on any atom is -0.398 e. The molecule has 17 heavy (non-hydrogen) atoms. The molecule has 2 unspecified atom stereocenters. The van der Waals surface area contributed by atoms with Gasteiger partial charge in [-0.1, -0.05) is 26.0 Å². The zero-order valence-corrected chi connectivity index (χ0v) is 10.6. The van der Waals surface area contributed by atoms with Gasteiger partial charge in [-0.25, -0.2) is 0 Å². The van der Waals surface area contributed by atoms with E-state index in [-0.39, 0.29) is 0 Å².